The zero-order valence-electron chi connectivity index (χ0n) is 35.4. The number of rotatable bonds is 14. The molecule has 1 atom stereocenters. The number of amides is 5. The van der Waals surface area contributed by atoms with E-state index < -0.39 is 29.7 Å². The molecule has 4 heterocycles. The standard InChI is InChI=1S/C50H50N8O6/c51-45-43-41(32-13-4-1-5-14-32)44(33-15-6-2-7-16-33)56(46(43)54-30-57(45)35-20-22-36(59)23-21-35)29-31-12-10-17-34(28-31)47(61)53-27-9-3-8-26-52-38-19-11-18-37-42(38)50(64)58(49(37)63)39-24-25-40(60)55-48(39)62/h1-2,4-7,10-19,28,30,35-36,39,51-52,59H,3,8-9,20-27,29H2,(H,53,61)(H,55,60,62)/t35-,36-,39?. The minimum Gasteiger partial charge on any atom is -0.393 e. The SMILES string of the molecule is N=c1c2c(-c3ccccc3)c(-c3ccccc3)n(Cc3cccc(C(=O)NCCCCCNc4cccc5c4C(=O)N(C4CCC(=O)NC4=O)C5=O)c3)c2ncn1[C@H]1CC[C@H](O)CC1. The average molecular weight is 859 g/mol. The fraction of sp³-hybridized carbons (Fsp3) is 0.300. The van der Waals surface area contributed by atoms with E-state index in [-0.39, 0.29) is 42.0 Å². The van der Waals surface area contributed by atoms with Crippen LogP contribution in [0.3, 0.4) is 0 Å². The third-order valence-corrected chi connectivity index (χ3v) is 12.7. The highest BCUT2D eigenvalue weighted by Gasteiger charge is 2.45. The monoisotopic (exact) mass is 858 g/mol. The van der Waals surface area contributed by atoms with Gasteiger partial charge in [0.2, 0.25) is 11.8 Å². The van der Waals surface area contributed by atoms with Crippen molar-refractivity contribution in [3.63, 3.8) is 0 Å². The van der Waals surface area contributed by atoms with E-state index in [1.807, 2.05) is 59.2 Å². The van der Waals surface area contributed by atoms with Crippen molar-refractivity contribution in [2.75, 3.05) is 18.4 Å². The Morgan fingerprint density at radius 2 is 1.50 bits per heavy atom. The highest BCUT2D eigenvalue weighted by molar-refractivity contribution is 6.25. The van der Waals surface area contributed by atoms with Crippen LogP contribution in [0.15, 0.2) is 109 Å². The minimum atomic E-state index is -1.03. The fourth-order valence-electron chi connectivity index (χ4n) is 9.43. The highest BCUT2D eigenvalue weighted by Crippen LogP contribution is 2.40. The van der Waals surface area contributed by atoms with E-state index in [0.717, 1.165) is 70.3 Å². The van der Waals surface area contributed by atoms with Crippen molar-refractivity contribution < 1.29 is 29.1 Å². The number of nitrogens with one attached hydrogen (secondary N) is 4. The number of benzene rings is 4. The number of hydrogen-bond acceptors (Lipinski definition) is 9. The van der Waals surface area contributed by atoms with Gasteiger partial charge in [0.25, 0.3) is 17.7 Å². The van der Waals surface area contributed by atoms with Crippen LogP contribution in [-0.4, -0.2) is 78.9 Å². The zero-order valence-corrected chi connectivity index (χ0v) is 35.4. The number of aromatic nitrogens is 3. The molecule has 1 unspecified atom stereocenters. The molecule has 2 aliphatic heterocycles. The number of fused-ring (bicyclic) bond motifs is 2. The number of carbonyl (C=O) groups is 5. The largest absolute Gasteiger partial charge is 0.393 e. The summed E-state index contributed by atoms with van der Waals surface area (Å²) in [5, 5.41) is 29.2. The lowest BCUT2D eigenvalue weighted by Crippen LogP contribution is -2.54. The van der Waals surface area contributed by atoms with Gasteiger partial charge in [-0.1, -0.05) is 78.9 Å². The van der Waals surface area contributed by atoms with Crippen molar-refractivity contribution in [3.8, 4) is 22.4 Å². The van der Waals surface area contributed by atoms with Crippen LogP contribution in [0.1, 0.15) is 100 Å². The fourth-order valence-corrected chi connectivity index (χ4v) is 9.43. The molecule has 1 saturated carbocycles. The third-order valence-electron chi connectivity index (χ3n) is 12.7. The first-order valence-electron chi connectivity index (χ1n) is 22.1. The number of carbonyl (C=O) groups excluding carboxylic acids is 5. The Labute approximate surface area is 369 Å². The number of unbranched alkanes of at least 4 members (excludes halogenated alkanes) is 2. The Morgan fingerprint density at radius 3 is 2.25 bits per heavy atom. The van der Waals surface area contributed by atoms with Crippen molar-refractivity contribution in [2.24, 2.45) is 0 Å². The van der Waals surface area contributed by atoms with E-state index in [4.69, 9.17) is 4.98 Å². The summed E-state index contributed by atoms with van der Waals surface area (Å²) in [7, 11) is 0. The molecule has 64 heavy (non-hydrogen) atoms. The summed E-state index contributed by atoms with van der Waals surface area (Å²) in [4.78, 5) is 70.3. The molecule has 14 heteroatoms. The summed E-state index contributed by atoms with van der Waals surface area (Å²) in [6.45, 7) is 1.40. The molecule has 326 valence electrons. The number of anilines is 1. The Balaban J connectivity index is 0.870. The number of nitrogens with zero attached hydrogens (tertiary/aromatic N) is 4. The second-order valence-corrected chi connectivity index (χ2v) is 16.8. The maximum atomic E-state index is 13.5. The quantitative estimate of drug-likeness (QED) is 0.0599. The summed E-state index contributed by atoms with van der Waals surface area (Å²) in [5.74, 6) is -2.34. The molecule has 1 saturated heterocycles. The van der Waals surface area contributed by atoms with Gasteiger partial charge in [-0.05, 0) is 92.3 Å². The lowest BCUT2D eigenvalue weighted by atomic mass is 9.93. The topological polar surface area (TPSA) is 192 Å². The van der Waals surface area contributed by atoms with Crippen molar-refractivity contribution in [1.29, 1.82) is 5.41 Å². The summed E-state index contributed by atoms with van der Waals surface area (Å²) in [6.07, 6.45) is 6.83. The molecule has 0 spiro atoms. The normalized spacial score (nSPS) is 18.6. The summed E-state index contributed by atoms with van der Waals surface area (Å²) >= 11 is 0. The third kappa shape index (κ3) is 8.24. The van der Waals surface area contributed by atoms with Crippen molar-refractivity contribution >= 4 is 46.3 Å². The maximum Gasteiger partial charge on any atom is 0.264 e. The van der Waals surface area contributed by atoms with Crippen LogP contribution in [0.2, 0.25) is 0 Å². The Morgan fingerprint density at radius 1 is 0.781 bits per heavy atom. The van der Waals surface area contributed by atoms with Gasteiger partial charge in [0, 0.05) is 48.9 Å². The molecule has 6 aromatic rings. The van der Waals surface area contributed by atoms with Gasteiger partial charge in [-0.25, -0.2) is 4.98 Å². The van der Waals surface area contributed by atoms with E-state index in [1.165, 1.54) is 0 Å². The summed E-state index contributed by atoms with van der Waals surface area (Å²) in [6, 6.07) is 32.0. The molecular formula is C50H50N8O6. The second kappa shape index (κ2) is 18.3. The van der Waals surface area contributed by atoms with Crippen LogP contribution in [-0.2, 0) is 16.1 Å². The lowest BCUT2D eigenvalue weighted by molar-refractivity contribution is -0.136. The van der Waals surface area contributed by atoms with Crippen LogP contribution in [0.4, 0.5) is 5.69 Å². The van der Waals surface area contributed by atoms with Crippen molar-refractivity contribution in [1.82, 2.24) is 29.7 Å². The maximum absolute atomic E-state index is 13.5. The van der Waals surface area contributed by atoms with E-state index in [0.29, 0.717) is 54.9 Å². The highest BCUT2D eigenvalue weighted by atomic mass is 16.3. The van der Waals surface area contributed by atoms with E-state index >= 15 is 0 Å². The van der Waals surface area contributed by atoms with Crippen LogP contribution in [0, 0.1) is 5.41 Å². The van der Waals surface area contributed by atoms with Gasteiger partial charge in [0.05, 0.1) is 34.6 Å². The van der Waals surface area contributed by atoms with Gasteiger partial charge < -0.3 is 24.9 Å². The molecule has 5 amide bonds. The molecule has 14 nitrogen and oxygen atoms in total. The van der Waals surface area contributed by atoms with Crippen LogP contribution >= 0.6 is 0 Å². The van der Waals surface area contributed by atoms with E-state index in [2.05, 4.69) is 44.8 Å². The van der Waals surface area contributed by atoms with Gasteiger partial charge in [0.1, 0.15) is 17.2 Å². The number of piperidine rings is 1. The average Bonchev–Trinajstić information content (AvgIpc) is 3.77. The molecule has 1 aliphatic carbocycles. The smallest absolute Gasteiger partial charge is 0.264 e. The first-order chi connectivity index (χ1) is 31.2. The van der Waals surface area contributed by atoms with Gasteiger partial charge in [-0.3, -0.25) is 39.6 Å². The van der Waals surface area contributed by atoms with Gasteiger partial charge in [-0.2, -0.15) is 0 Å². The minimum absolute atomic E-state index is 0.0570. The van der Waals surface area contributed by atoms with Crippen molar-refractivity contribution in [2.45, 2.75) is 82.5 Å². The predicted octanol–water partition coefficient (Wildman–Crippen LogP) is 6.59. The number of aliphatic hydroxyl groups is 1. The molecule has 5 N–H and O–H groups in total. The molecule has 3 aliphatic rings. The molecule has 2 aromatic heterocycles. The molecule has 9 rings (SSSR count). The van der Waals surface area contributed by atoms with E-state index in [1.54, 1.807) is 30.6 Å². The second-order valence-electron chi connectivity index (χ2n) is 16.8. The zero-order chi connectivity index (χ0) is 44.3. The van der Waals surface area contributed by atoms with Crippen LogP contribution in [0.5, 0.6) is 0 Å². The van der Waals surface area contributed by atoms with Crippen LogP contribution < -0.4 is 21.4 Å². The Kier molecular flexibility index (Phi) is 12.0. The van der Waals surface area contributed by atoms with Gasteiger partial charge >= 0.3 is 0 Å². The molecule has 2 fully saturated rings. The van der Waals surface area contributed by atoms with Gasteiger partial charge in [0.15, 0.2) is 0 Å². The predicted molar refractivity (Wildman–Crippen MR) is 241 cm³/mol. The molecule has 0 bridgehead atoms. The Hall–Kier alpha value is -7.19. The number of hydrogen-bond donors (Lipinski definition) is 5. The van der Waals surface area contributed by atoms with Crippen molar-refractivity contribution in [3.05, 3.63) is 137 Å². The summed E-state index contributed by atoms with van der Waals surface area (Å²) < 4.78 is 4.14. The van der Waals surface area contributed by atoms with Crippen LogP contribution in [0.25, 0.3) is 33.4 Å². The molecule has 0 radical (unpaired) electrons. The summed E-state index contributed by atoms with van der Waals surface area (Å²) in [5.41, 5.74) is 7.33. The lowest BCUT2D eigenvalue weighted by Gasteiger charge is -2.27. The Bertz CT molecular complexity index is 2830. The first-order valence-corrected chi connectivity index (χ1v) is 22.1. The van der Waals surface area contributed by atoms with E-state index in [9.17, 15) is 34.5 Å². The van der Waals surface area contributed by atoms with Gasteiger partial charge in [-0.15, -0.1) is 0 Å². The molecular weight excluding hydrogens is 809 g/mol. The number of aliphatic hydroxyl groups excluding tert-OH is 1. The number of imide groups is 2. The first kappa shape index (κ1) is 42.1. The molecule has 4 aromatic carbocycles.